The summed E-state index contributed by atoms with van der Waals surface area (Å²) in [7, 11) is 1.67. The minimum atomic E-state index is -0.277. The van der Waals surface area contributed by atoms with Crippen LogP contribution in [-0.2, 0) is 5.54 Å². The fourth-order valence-electron chi connectivity index (χ4n) is 3.77. The predicted octanol–water partition coefficient (Wildman–Crippen LogP) is 4.79. The molecule has 0 unspecified atom stereocenters. The van der Waals surface area contributed by atoms with Crippen molar-refractivity contribution in [3.63, 3.8) is 0 Å². The predicted molar refractivity (Wildman–Crippen MR) is 89.8 cm³/mol. The van der Waals surface area contributed by atoms with Gasteiger partial charge in [-0.05, 0) is 56.2 Å². The van der Waals surface area contributed by atoms with E-state index in [-0.39, 0.29) is 11.6 Å². The minimum absolute atomic E-state index is 0.263. The van der Waals surface area contributed by atoms with Crippen LogP contribution in [0.4, 0.5) is 0 Å². The Bertz CT molecular complexity index is 520. The van der Waals surface area contributed by atoms with Gasteiger partial charge < -0.3 is 15.2 Å². The van der Waals surface area contributed by atoms with Gasteiger partial charge in [0, 0.05) is 5.54 Å². The maximum absolute atomic E-state index is 6.63. The second-order valence-electron chi connectivity index (χ2n) is 6.73. The highest BCUT2D eigenvalue weighted by molar-refractivity contribution is 6.32. The topological polar surface area (TPSA) is 44.5 Å². The Kier molecular flexibility index (Phi) is 4.84. The monoisotopic (exact) mass is 323 g/mol. The summed E-state index contributed by atoms with van der Waals surface area (Å²) >= 11 is 6.51. The van der Waals surface area contributed by atoms with Crippen LogP contribution in [-0.4, -0.2) is 13.2 Å². The average Bonchev–Trinajstić information content (AvgIpc) is 3.03. The molecule has 2 aliphatic rings. The molecule has 0 bridgehead atoms. The van der Waals surface area contributed by atoms with Gasteiger partial charge in [-0.2, -0.15) is 0 Å². The van der Waals surface area contributed by atoms with E-state index in [2.05, 4.69) is 0 Å². The number of methoxy groups -OCH3 is 1. The normalized spacial score (nSPS) is 21.8. The Morgan fingerprint density at radius 1 is 1.09 bits per heavy atom. The van der Waals surface area contributed by atoms with Gasteiger partial charge in [-0.3, -0.25) is 0 Å². The van der Waals surface area contributed by atoms with Crippen LogP contribution in [0.15, 0.2) is 12.1 Å². The van der Waals surface area contributed by atoms with E-state index in [1.54, 1.807) is 7.11 Å². The highest BCUT2D eigenvalue weighted by Crippen LogP contribution is 2.43. The Labute approximate surface area is 138 Å². The lowest BCUT2D eigenvalue weighted by Crippen LogP contribution is -2.38. The van der Waals surface area contributed by atoms with Crippen molar-refractivity contribution in [2.75, 3.05) is 7.11 Å². The van der Waals surface area contributed by atoms with Gasteiger partial charge in [-0.1, -0.05) is 30.9 Å². The summed E-state index contributed by atoms with van der Waals surface area (Å²) in [6, 6.07) is 4.02. The Morgan fingerprint density at radius 2 is 1.77 bits per heavy atom. The molecule has 3 rings (SSSR count). The second kappa shape index (κ2) is 6.67. The fraction of sp³-hybridized carbons (Fsp3) is 0.667. The molecule has 1 aromatic rings. The smallest absolute Gasteiger partial charge is 0.180 e. The first-order chi connectivity index (χ1) is 10.6. The zero-order valence-electron chi connectivity index (χ0n) is 13.4. The summed E-state index contributed by atoms with van der Waals surface area (Å²) in [5, 5.41) is 0.622. The van der Waals surface area contributed by atoms with Crippen LogP contribution in [0, 0.1) is 0 Å². The maximum atomic E-state index is 6.63. The highest BCUT2D eigenvalue weighted by atomic mass is 35.5. The lowest BCUT2D eigenvalue weighted by Gasteiger charge is -2.34. The molecule has 1 aromatic carbocycles. The van der Waals surface area contributed by atoms with E-state index in [0.29, 0.717) is 16.5 Å². The number of rotatable bonds is 4. The van der Waals surface area contributed by atoms with E-state index in [1.165, 1.54) is 32.1 Å². The van der Waals surface area contributed by atoms with Crippen LogP contribution in [0.1, 0.15) is 63.4 Å². The summed E-state index contributed by atoms with van der Waals surface area (Å²) in [6.45, 7) is 0. The Balaban J connectivity index is 1.89. The van der Waals surface area contributed by atoms with Crippen LogP contribution < -0.4 is 15.2 Å². The first-order valence-electron chi connectivity index (χ1n) is 8.46. The minimum Gasteiger partial charge on any atom is -0.493 e. The average molecular weight is 324 g/mol. The SMILES string of the molecule is COc1cc(C2(N)CCCCC2)cc(Cl)c1OC1CCCC1. The first kappa shape index (κ1) is 15.9. The van der Waals surface area contributed by atoms with Gasteiger partial charge >= 0.3 is 0 Å². The van der Waals surface area contributed by atoms with Gasteiger partial charge in [-0.15, -0.1) is 0 Å². The molecular formula is C18H26ClNO2. The van der Waals surface area contributed by atoms with Crippen molar-refractivity contribution in [2.24, 2.45) is 5.73 Å². The summed E-state index contributed by atoms with van der Waals surface area (Å²) < 4.78 is 11.7. The first-order valence-corrected chi connectivity index (χ1v) is 8.84. The van der Waals surface area contributed by atoms with Crippen molar-refractivity contribution in [3.05, 3.63) is 22.7 Å². The number of ether oxygens (including phenoxy) is 2. The summed E-state index contributed by atoms with van der Waals surface area (Å²) in [4.78, 5) is 0. The quantitative estimate of drug-likeness (QED) is 0.866. The molecule has 0 saturated heterocycles. The molecule has 0 aromatic heterocycles. The Hall–Kier alpha value is -0.930. The van der Waals surface area contributed by atoms with E-state index in [4.69, 9.17) is 26.8 Å². The Morgan fingerprint density at radius 3 is 2.41 bits per heavy atom. The zero-order valence-corrected chi connectivity index (χ0v) is 14.1. The van der Waals surface area contributed by atoms with Gasteiger partial charge in [-0.25, -0.2) is 0 Å². The van der Waals surface area contributed by atoms with Crippen molar-refractivity contribution in [2.45, 2.75) is 69.4 Å². The number of nitrogens with two attached hydrogens (primary N) is 1. The van der Waals surface area contributed by atoms with Crippen LogP contribution in [0.5, 0.6) is 11.5 Å². The number of hydrogen-bond acceptors (Lipinski definition) is 3. The van der Waals surface area contributed by atoms with E-state index < -0.39 is 0 Å². The van der Waals surface area contributed by atoms with Crippen molar-refractivity contribution in [1.29, 1.82) is 0 Å². The van der Waals surface area contributed by atoms with Gasteiger partial charge in [0.15, 0.2) is 11.5 Å². The van der Waals surface area contributed by atoms with Crippen molar-refractivity contribution >= 4 is 11.6 Å². The molecule has 3 nitrogen and oxygen atoms in total. The summed E-state index contributed by atoms with van der Waals surface area (Å²) in [6.07, 6.45) is 10.6. The molecule has 0 aliphatic heterocycles. The lowest BCUT2D eigenvalue weighted by molar-refractivity contribution is 0.200. The fourth-order valence-corrected chi connectivity index (χ4v) is 4.02. The van der Waals surface area contributed by atoms with Crippen LogP contribution in [0.3, 0.4) is 0 Å². The van der Waals surface area contributed by atoms with E-state index in [1.807, 2.05) is 12.1 Å². The van der Waals surface area contributed by atoms with E-state index in [0.717, 1.165) is 31.2 Å². The third kappa shape index (κ3) is 3.21. The molecule has 0 spiro atoms. The molecule has 122 valence electrons. The zero-order chi connectivity index (χ0) is 15.6. The third-order valence-electron chi connectivity index (χ3n) is 5.14. The molecule has 22 heavy (non-hydrogen) atoms. The van der Waals surface area contributed by atoms with Gasteiger partial charge in [0.1, 0.15) is 0 Å². The molecule has 0 amide bonds. The molecule has 0 heterocycles. The van der Waals surface area contributed by atoms with Gasteiger partial charge in [0.25, 0.3) is 0 Å². The molecule has 2 fully saturated rings. The molecule has 4 heteroatoms. The van der Waals surface area contributed by atoms with Crippen molar-refractivity contribution in [1.82, 2.24) is 0 Å². The van der Waals surface area contributed by atoms with E-state index >= 15 is 0 Å². The summed E-state index contributed by atoms with van der Waals surface area (Å²) in [5.41, 5.74) is 7.43. The lowest BCUT2D eigenvalue weighted by atomic mass is 9.77. The molecule has 0 atom stereocenters. The maximum Gasteiger partial charge on any atom is 0.180 e. The van der Waals surface area contributed by atoms with Crippen LogP contribution >= 0.6 is 11.6 Å². The van der Waals surface area contributed by atoms with Crippen LogP contribution in [0.25, 0.3) is 0 Å². The summed E-state index contributed by atoms with van der Waals surface area (Å²) in [5.74, 6) is 1.39. The number of halogens is 1. The van der Waals surface area contributed by atoms with Gasteiger partial charge in [0.05, 0.1) is 18.2 Å². The molecule has 2 N–H and O–H groups in total. The molecule has 0 radical (unpaired) electrons. The molecule has 2 aliphatic carbocycles. The molecular weight excluding hydrogens is 298 g/mol. The van der Waals surface area contributed by atoms with Crippen molar-refractivity contribution in [3.8, 4) is 11.5 Å². The second-order valence-corrected chi connectivity index (χ2v) is 7.14. The van der Waals surface area contributed by atoms with E-state index in [9.17, 15) is 0 Å². The molecule has 2 saturated carbocycles. The third-order valence-corrected chi connectivity index (χ3v) is 5.42. The van der Waals surface area contributed by atoms with Gasteiger partial charge in [0.2, 0.25) is 0 Å². The number of hydrogen-bond donors (Lipinski definition) is 1. The van der Waals surface area contributed by atoms with Crippen molar-refractivity contribution < 1.29 is 9.47 Å². The standard InChI is InChI=1S/C18H26ClNO2/c1-21-16-12-13(18(20)9-5-2-6-10-18)11-15(19)17(16)22-14-7-3-4-8-14/h11-12,14H,2-10,20H2,1H3. The number of benzene rings is 1. The highest BCUT2D eigenvalue weighted by Gasteiger charge is 2.31. The van der Waals surface area contributed by atoms with Crippen LogP contribution in [0.2, 0.25) is 5.02 Å². The largest absolute Gasteiger partial charge is 0.493 e.